The van der Waals surface area contributed by atoms with Crippen LogP contribution in [0, 0.1) is 0 Å². The highest BCUT2D eigenvalue weighted by atomic mass is 16.5. The fourth-order valence-corrected chi connectivity index (χ4v) is 1.79. The molecule has 1 N–H and O–H groups in total. The van der Waals surface area contributed by atoms with Crippen LogP contribution in [0.15, 0.2) is 12.7 Å². The van der Waals surface area contributed by atoms with Gasteiger partial charge in [0, 0.05) is 7.11 Å². The molecule has 2 aromatic rings. The second-order valence-electron chi connectivity index (χ2n) is 4.23. The molecule has 2 atom stereocenters. The number of tetrazole rings is 1. The lowest BCUT2D eigenvalue weighted by atomic mass is 10.2. The number of hydrogen-bond donors (Lipinski definition) is 1. The van der Waals surface area contributed by atoms with E-state index in [0.29, 0.717) is 5.82 Å². The van der Waals surface area contributed by atoms with Gasteiger partial charge >= 0.3 is 5.97 Å². The predicted molar refractivity (Wildman–Crippen MR) is 64.7 cm³/mol. The number of aromatic nitrogens is 7. The molecule has 108 valence electrons. The second kappa shape index (κ2) is 6.19. The monoisotopic (exact) mass is 281 g/mol. The zero-order valence-corrected chi connectivity index (χ0v) is 11.1. The first kappa shape index (κ1) is 14.1. The maximum atomic E-state index is 10.7. The molecule has 0 saturated heterocycles. The van der Waals surface area contributed by atoms with Gasteiger partial charge in [-0.1, -0.05) is 0 Å². The number of hydrogen-bond acceptors (Lipinski definition) is 7. The molecule has 0 radical (unpaired) electrons. The van der Waals surface area contributed by atoms with E-state index < -0.39 is 12.1 Å². The van der Waals surface area contributed by atoms with Gasteiger partial charge in [-0.3, -0.25) is 4.79 Å². The molecule has 0 aliphatic rings. The van der Waals surface area contributed by atoms with E-state index in [2.05, 4.69) is 25.6 Å². The zero-order valence-electron chi connectivity index (χ0n) is 11.1. The van der Waals surface area contributed by atoms with Crippen LogP contribution in [-0.2, 0) is 16.1 Å². The minimum Gasteiger partial charge on any atom is -0.481 e. The highest BCUT2D eigenvalue weighted by Gasteiger charge is 2.20. The van der Waals surface area contributed by atoms with E-state index in [9.17, 15) is 4.79 Å². The first-order valence-corrected chi connectivity index (χ1v) is 5.96. The summed E-state index contributed by atoms with van der Waals surface area (Å²) in [4.78, 5) is 14.6. The van der Waals surface area contributed by atoms with Crippen LogP contribution in [0.5, 0.6) is 0 Å². The van der Waals surface area contributed by atoms with Crippen LogP contribution in [0.1, 0.15) is 25.2 Å². The van der Waals surface area contributed by atoms with Crippen LogP contribution < -0.4 is 0 Å². The summed E-state index contributed by atoms with van der Waals surface area (Å²) in [6, 6.07) is -0.213. The summed E-state index contributed by atoms with van der Waals surface area (Å²) in [7, 11) is 1.46. The molecular formula is C10H15N7O3. The van der Waals surface area contributed by atoms with Crippen molar-refractivity contribution in [2.75, 3.05) is 7.11 Å². The number of aliphatic carboxylic acids is 1. The molecule has 2 heterocycles. The Bertz CT molecular complexity index is 553. The number of nitrogens with zero attached hydrogens (tertiary/aromatic N) is 7. The van der Waals surface area contributed by atoms with E-state index in [4.69, 9.17) is 9.84 Å². The van der Waals surface area contributed by atoms with Crippen molar-refractivity contribution in [2.24, 2.45) is 0 Å². The molecule has 2 aromatic heterocycles. The first-order valence-electron chi connectivity index (χ1n) is 5.96. The van der Waals surface area contributed by atoms with Gasteiger partial charge in [0.15, 0.2) is 5.82 Å². The average Bonchev–Trinajstić information content (AvgIpc) is 3.07. The molecule has 0 aliphatic heterocycles. The largest absolute Gasteiger partial charge is 0.481 e. The number of methoxy groups -OCH3 is 1. The normalized spacial score (nSPS) is 14.1. The van der Waals surface area contributed by atoms with Gasteiger partial charge in [0.2, 0.25) is 0 Å². The molecule has 0 bridgehead atoms. The molecule has 2 rings (SSSR count). The van der Waals surface area contributed by atoms with Crippen molar-refractivity contribution in [1.82, 2.24) is 35.0 Å². The smallest absolute Gasteiger partial charge is 0.306 e. The number of carboxylic acid groups (broad SMARTS) is 1. The molecular weight excluding hydrogens is 266 g/mol. The van der Waals surface area contributed by atoms with Crippen molar-refractivity contribution < 1.29 is 14.6 Å². The summed E-state index contributed by atoms with van der Waals surface area (Å²) in [5.41, 5.74) is 0. The Morgan fingerprint density at radius 3 is 2.95 bits per heavy atom. The minimum atomic E-state index is -0.934. The molecule has 10 heteroatoms. The van der Waals surface area contributed by atoms with Crippen molar-refractivity contribution in [3.8, 4) is 0 Å². The van der Waals surface area contributed by atoms with Gasteiger partial charge in [-0.2, -0.15) is 5.10 Å². The third kappa shape index (κ3) is 3.15. The molecule has 0 aliphatic carbocycles. The fourth-order valence-electron chi connectivity index (χ4n) is 1.79. The van der Waals surface area contributed by atoms with Gasteiger partial charge < -0.3 is 9.84 Å². The van der Waals surface area contributed by atoms with E-state index >= 15 is 0 Å². The van der Waals surface area contributed by atoms with Crippen molar-refractivity contribution >= 4 is 5.97 Å². The number of carbonyl (C=O) groups is 1. The number of carboxylic acids is 1. The maximum absolute atomic E-state index is 10.7. The fraction of sp³-hybridized carbons (Fsp3) is 0.600. The SMILES string of the molecule is COC(CC(=O)O)Cn1nnnc1C(C)n1cncn1. The van der Waals surface area contributed by atoms with Gasteiger partial charge in [-0.05, 0) is 17.4 Å². The summed E-state index contributed by atoms with van der Waals surface area (Å²) in [6.45, 7) is 2.13. The highest BCUT2D eigenvalue weighted by molar-refractivity contribution is 5.67. The van der Waals surface area contributed by atoms with Crippen LogP contribution in [0.2, 0.25) is 0 Å². The van der Waals surface area contributed by atoms with E-state index in [1.165, 1.54) is 18.1 Å². The van der Waals surface area contributed by atoms with E-state index in [1.807, 2.05) is 6.92 Å². The summed E-state index contributed by atoms with van der Waals surface area (Å²) >= 11 is 0. The molecule has 0 spiro atoms. The van der Waals surface area contributed by atoms with Gasteiger partial charge in [-0.15, -0.1) is 5.10 Å². The van der Waals surface area contributed by atoms with Crippen LogP contribution in [-0.4, -0.2) is 59.3 Å². The second-order valence-corrected chi connectivity index (χ2v) is 4.23. The van der Waals surface area contributed by atoms with Gasteiger partial charge in [0.05, 0.1) is 19.1 Å². The quantitative estimate of drug-likeness (QED) is 0.711. The van der Waals surface area contributed by atoms with Crippen LogP contribution >= 0.6 is 0 Å². The van der Waals surface area contributed by atoms with Gasteiger partial charge in [0.1, 0.15) is 18.7 Å². The molecule has 0 aromatic carbocycles. The molecule has 10 nitrogen and oxygen atoms in total. The third-order valence-electron chi connectivity index (χ3n) is 2.88. The van der Waals surface area contributed by atoms with Crippen molar-refractivity contribution in [1.29, 1.82) is 0 Å². The summed E-state index contributed by atoms with van der Waals surface area (Å²) in [5.74, 6) is -0.376. The van der Waals surface area contributed by atoms with E-state index in [-0.39, 0.29) is 19.0 Å². The standard InChI is InChI=1S/C10H15N7O3/c1-7(17-6-11-5-12-17)10-13-14-15-16(10)4-8(20-2)3-9(18)19/h5-8H,3-4H2,1-2H3,(H,18,19). The van der Waals surface area contributed by atoms with Crippen molar-refractivity contribution in [3.63, 3.8) is 0 Å². The highest BCUT2D eigenvalue weighted by Crippen LogP contribution is 2.13. The Morgan fingerprint density at radius 2 is 2.35 bits per heavy atom. The number of rotatable bonds is 7. The van der Waals surface area contributed by atoms with E-state index in [1.54, 1.807) is 11.0 Å². The minimum absolute atomic E-state index is 0.118. The topological polar surface area (TPSA) is 121 Å². The average molecular weight is 281 g/mol. The lowest BCUT2D eigenvalue weighted by molar-refractivity contribution is -0.140. The Kier molecular flexibility index (Phi) is 4.35. The van der Waals surface area contributed by atoms with Crippen molar-refractivity contribution in [2.45, 2.75) is 32.0 Å². The molecule has 0 amide bonds. The Hall–Kier alpha value is -2.36. The Labute approximate surface area is 114 Å². The maximum Gasteiger partial charge on any atom is 0.306 e. The molecule has 2 unspecified atom stereocenters. The molecule has 0 saturated carbocycles. The van der Waals surface area contributed by atoms with E-state index in [0.717, 1.165) is 0 Å². The lowest BCUT2D eigenvalue weighted by Gasteiger charge is -2.16. The number of ether oxygens (including phenoxy) is 1. The molecule has 0 fully saturated rings. The van der Waals surface area contributed by atoms with Gasteiger partial charge in [0.25, 0.3) is 0 Å². The summed E-state index contributed by atoms with van der Waals surface area (Å²) < 4.78 is 8.26. The predicted octanol–water partition coefficient (Wildman–Crippen LogP) is -0.636. The van der Waals surface area contributed by atoms with Gasteiger partial charge in [-0.25, -0.2) is 14.3 Å². The summed E-state index contributed by atoms with van der Waals surface area (Å²) in [6.07, 6.45) is 2.37. The summed E-state index contributed by atoms with van der Waals surface area (Å²) in [5, 5.41) is 24.3. The van der Waals surface area contributed by atoms with Crippen molar-refractivity contribution in [3.05, 3.63) is 18.5 Å². The van der Waals surface area contributed by atoms with Crippen LogP contribution in [0.4, 0.5) is 0 Å². The van der Waals surface area contributed by atoms with Crippen LogP contribution in [0.3, 0.4) is 0 Å². The van der Waals surface area contributed by atoms with Crippen LogP contribution in [0.25, 0.3) is 0 Å². The Balaban J connectivity index is 2.14. The zero-order chi connectivity index (χ0) is 14.5. The first-order chi connectivity index (χ1) is 9.61. The lowest BCUT2D eigenvalue weighted by Crippen LogP contribution is -2.25. The molecule has 20 heavy (non-hydrogen) atoms. The third-order valence-corrected chi connectivity index (χ3v) is 2.88. The Morgan fingerprint density at radius 1 is 1.55 bits per heavy atom.